The Morgan fingerprint density at radius 1 is 0.424 bits per heavy atom. The first-order chi connectivity index (χ1) is 41.3. The summed E-state index contributed by atoms with van der Waals surface area (Å²) in [6.07, 6.45) is 26.8. The average Bonchev–Trinajstić information content (AvgIpc) is 3.10. The molecule has 0 aromatic heterocycles. The first-order valence-electron chi connectivity index (χ1n) is 34.1. The van der Waals surface area contributed by atoms with Crippen molar-refractivity contribution in [2.75, 3.05) is 26.4 Å². The van der Waals surface area contributed by atoms with Crippen molar-refractivity contribution in [1.29, 1.82) is 0 Å². The van der Waals surface area contributed by atoms with E-state index >= 15 is 0 Å². The summed E-state index contributed by atoms with van der Waals surface area (Å²) in [5.74, 6) is -0.248. The van der Waals surface area contributed by atoms with Crippen LogP contribution in [-0.2, 0) is 33.2 Å². The monoisotopic (exact) mass is 1220 g/mol. The zero-order chi connectivity index (χ0) is 61.9. The van der Waals surface area contributed by atoms with Crippen molar-refractivity contribution in [2.45, 2.75) is 362 Å². The second-order valence-electron chi connectivity index (χ2n) is 24.6. The number of aliphatic hydroxyl groups is 11. The van der Waals surface area contributed by atoms with Crippen LogP contribution in [0, 0.1) is 0 Å². The summed E-state index contributed by atoms with van der Waals surface area (Å²) in [7, 11) is 0. The highest BCUT2D eigenvalue weighted by molar-refractivity contribution is 5.76. The minimum absolute atomic E-state index is 0.248. The number of aliphatic hydroxyl groups excluding tert-OH is 11. The number of amides is 1. The van der Waals surface area contributed by atoms with Crippen LogP contribution in [0.5, 0.6) is 0 Å². The van der Waals surface area contributed by atoms with Gasteiger partial charge >= 0.3 is 0 Å². The number of allylic oxidation sites excluding steroid dienone is 4. The van der Waals surface area contributed by atoms with E-state index in [2.05, 4.69) is 43.5 Å². The fraction of sp³-hybridized carbons (Fsp3) is 0.924. The topological polar surface area (TPSA) is 307 Å². The Hall–Kier alpha value is -1.73. The molecule has 1 amide bonds. The van der Waals surface area contributed by atoms with Crippen LogP contribution in [0.3, 0.4) is 0 Å². The van der Waals surface area contributed by atoms with Gasteiger partial charge in [0.15, 0.2) is 18.9 Å². The van der Waals surface area contributed by atoms with Crippen LogP contribution in [0.4, 0.5) is 0 Å². The van der Waals surface area contributed by atoms with E-state index in [-0.39, 0.29) is 18.9 Å². The number of unbranched alkanes of at least 4 members (excludes halogenated alkanes) is 32. The summed E-state index contributed by atoms with van der Waals surface area (Å²) < 4.78 is 34.4. The van der Waals surface area contributed by atoms with Gasteiger partial charge < -0.3 is 89.9 Å². The molecule has 0 spiro atoms. The van der Waals surface area contributed by atoms with Gasteiger partial charge in [-0.15, -0.1) is 0 Å². The van der Waals surface area contributed by atoms with Crippen molar-refractivity contribution in [2.24, 2.45) is 0 Å². The Morgan fingerprint density at radius 3 is 1.22 bits per heavy atom. The fourth-order valence-corrected chi connectivity index (χ4v) is 11.7. The third kappa shape index (κ3) is 31.7. The van der Waals surface area contributed by atoms with Crippen molar-refractivity contribution in [3.8, 4) is 0 Å². The summed E-state index contributed by atoms with van der Waals surface area (Å²) in [5, 5.41) is 121. The maximum Gasteiger partial charge on any atom is 0.220 e. The molecule has 3 aliphatic rings. The SMILES string of the molecule is CCCCC/C=C\C/C=C\CCCCCCCCCC(=O)NC(COC1OC(CO)C(OC2OC(CO)C(OC3OC(CO)C(O)C(O)C3O)C(O)C2O)C(O)C1O)C(O)CCCCCCCCCCCCCCCCCCCCCCCCC. The molecular weight excluding hydrogens is 1090 g/mol. The number of hydrogen-bond donors (Lipinski definition) is 12. The number of nitrogens with one attached hydrogen (secondary N) is 1. The van der Waals surface area contributed by atoms with E-state index in [1.807, 2.05) is 0 Å². The van der Waals surface area contributed by atoms with Gasteiger partial charge in [0, 0.05) is 6.42 Å². The van der Waals surface area contributed by atoms with Gasteiger partial charge in [-0.3, -0.25) is 4.79 Å². The molecule has 0 radical (unpaired) electrons. The van der Waals surface area contributed by atoms with E-state index in [1.54, 1.807) is 0 Å². The summed E-state index contributed by atoms with van der Waals surface area (Å²) in [6.45, 7) is 1.79. The van der Waals surface area contributed by atoms with Crippen LogP contribution in [0.1, 0.15) is 258 Å². The van der Waals surface area contributed by atoms with Gasteiger partial charge in [-0.1, -0.05) is 231 Å². The average molecular weight is 1220 g/mol. The lowest BCUT2D eigenvalue weighted by Crippen LogP contribution is -2.66. The number of carbonyl (C=O) groups excluding carboxylic acids is 1. The molecule has 85 heavy (non-hydrogen) atoms. The molecule has 3 heterocycles. The van der Waals surface area contributed by atoms with E-state index < -0.39 is 124 Å². The van der Waals surface area contributed by atoms with E-state index in [1.165, 1.54) is 148 Å². The van der Waals surface area contributed by atoms with E-state index in [0.717, 1.165) is 77.0 Å². The third-order valence-corrected chi connectivity index (χ3v) is 17.3. The van der Waals surface area contributed by atoms with E-state index in [9.17, 15) is 61.0 Å². The van der Waals surface area contributed by atoms with Crippen molar-refractivity contribution < 1.29 is 89.4 Å². The minimum atomic E-state index is -1.97. The van der Waals surface area contributed by atoms with Crippen molar-refractivity contribution >= 4 is 5.91 Å². The van der Waals surface area contributed by atoms with Gasteiger partial charge in [0.2, 0.25) is 5.91 Å². The molecule has 3 fully saturated rings. The first kappa shape index (κ1) is 77.5. The second-order valence-corrected chi connectivity index (χ2v) is 24.6. The zero-order valence-electron chi connectivity index (χ0n) is 52.6. The molecular formula is C66H123NO18. The highest BCUT2D eigenvalue weighted by Gasteiger charge is 2.53. The Morgan fingerprint density at radius 2 is 0.776 bits per heavy atom. The lowest BCUT2D eigenvalue weighted by Gasteiger charge is -2.48. The van der Waals surface area contributed by atoms with Gasteiger partial charge in [0.05, 0.1) is 38.6 Å². The molecule has 19 nitrogen and oxygen atoms in total. The lowest BCUT2D eigenvalue weighted by molar-refractivity contribution is -0.379. The molecule has 0 saturated carbocycles. The van der Waals surface area contributed by atoms with Gasteiger partial charge in [0.25, 0.3) is 0 Å². The highest BCUT2D eigenvalue weighted by atomic mass is 16.8. The molecule has 500 valence electrons. The standard InChI is InChI=1S/C66H123NO18/c1-3-5-7-9-11-13-15-17-19-21-22-23-24-25-26-28-29-31-33-35-37-39-41-43-50(71)49(67-54(72)44-42-40-38-36-34-32-30-27-20-18-16-14-12-10-8-6-4-2)48-80-64-60(78)57(75)62(52(46-69)82-64)85-66-61(79)58(76)63(53(47-70)83-66)84-65-59(77)56(74)55(73)51(45-68)81-65/h12,14,18,20,49-53,55-66,68-71,73-79H,3-11,13,15-17,19,21-48H2,1-2H3,(H,67,72)/b14-12-,20-18-. The molecule has 19 heteroatoms. The Balaban J connectivity index is 1.44. The van der Waals surface area contributed by atoms with Gasteiger partial charge in [-0.25, -0.2) is 0 Å². The quantitative estimate of drug-likeness (QED) is 0.0201. The molecule has 0 aromatic rings. The predicted molar refractivity (Wildman–Crippen MR) is 328 cm³/mol. The van der Waals surface area contributed by atoms with Crippen LogP contribution >= 0.6 is 0 Å². The first-order valence-corrected chi connectivity index (χ1v) is 34.1. The molecule has 3 rings (SSSR count). The van der Waals surface area contributed by atoms with Crippen molar-refractivity contribution in [3.63, 3.8) is 0 Å². The largest absolute Gasteiger partial charge is 0.394 e. The Kier molecular flexibility index (Phi) is 44.7. The van der Waals surface area contributed by atoms with Gasteiger partial charge in [-0.05, 0) is 44.9 Å². The molecule has 3 aliphatic heterocycles. The van der Waals surface area contributed by atoms with E-state index in [4.69, 9.17) is 28.4 Å². The summed E-state index contributed by atoms with van der Waals surface area (Å²) in [6, 6.07) is -0.890. The van der Waals surface area contributed by atoms with Crippen molar-refractivity contribution in [1.82, 2.24) is 5.32 Å². The zero-order valence-corrected chi connectivity index (χ0v) is 52.6. The summed E-state index contributed by atoms with van der Waals surface area (Å²) >= 11 is 0. The Bertz CT molecular complexity index is 1640. The molecule has 0 bridgehead atoms. The van der Waals surface area contributed by atoms with Crippen LogP contribution in [0.2, 0.25) is 0 Å². The maximum atomic E-state index is 13.4. The van der Waals surface area contributed by atoms with Crippen LogP contribution in [0.25, 0.3) is 0 Å². The Labute approximate surface area is 511 Å². The smallest absolute Gasteiger partial charge is 0.220 e. The molecule has 3 saturated heterocycles. The number of ether oxygens (including phenoxy) is 6. The number of hydrogen-bond acceptors (Lipinski definition) is 18. The van der Waals surface area contributed by atoms with Crippen molar-refractivity contribution in [3.05, 3.63) is 24.3 Å². The van der Waals surface area contributed by atoms with Crippen LogP contribution in [0.15, 0.2) is 24.3 Å². The third-order valence-electron chi connectivity index (χ3n) is 17.3. The van der Waals surface area contributed by atoms with Crippen LogP contribution in [-0.4, -0.2) is 193 Å². The number of carbonyl (C=O) groups is 1. The molecule has 0 aliphatic carbocycles. The highest BCUT2D eigenvalue weighted by Crippen LogP contribution is 2.33. The molecule has 12 N–H and O–H groups in total. The maximum absolute atomic E-state index is 13.4. The van der Waals surface area contributed by atoms with E-state index in [0.29, 0.717) is 12.8 Å². The second kappa shape index (κ2) is 49.0. The lowest BCUT2D eigenvalue weighted by atomic mass is 9.96. The van der Waals surface area contributed by atoms with Crippen LogP contribution < -0.4 is 5.32 Å². The molecule has 0 aromatic carbocycles. The normalized spacial score (nSPS) is 29.1. The van der Waals surface area contributed by atoms with Gasteiger partial charge in [-0.2, -0.15) is 0 Å². The number of rotatable bonds is 52. The van der Waals surface area contributed by atoms with Gasteiger partial charge in [0.1, 0.15) is 73.2 Å². The molecule has 17 atom stereocenters. The fourth-order valence-electron chi connectivity index (χ4n) is 11.7. The predicted octanol–water partition coefficient (Wildman–Crippen LogP) is 8.27. The summed E-state index contributed by atoms with van der Waals surface area (Å²) in [4.78, 5) is 13.4. The minimum Gasteiger partial charge on any atom is -0.394 e. The summed E-state index contributed by atoms with van der Waals surface area (Å²) in [5.41, 5.74) is 0. The molecule has 17 unspecified atom stereocenters.